The second kappa shape index (κ2) is 5.22. The zero-order chi connectivity index (χ0) is 13.1. The SMILES string of the molecule is CCCC1=N[N+](=C(N)c2ccccc2O)C(S)=N1. The molecule has 1 aromatic rings. The summed E-state index contributed by atoms with van der Waals surface area (Å²) < 4.78 is 1.43. The Morgan fingerprint density at radius 3 is 2.83 bits per heavy atom. The monoisotopic (exact) mass is 263 g/mol. The number of hydrazone groups is 1. The number of amidine groups is 3. The Hall–Kier alpha value is -1.82. The summed E-state index contributed by atoms with van der Waals surface area (Å²) >= 11 is 4.24. The number of para-hydroxylation sites is 1. The summed E-state index contributed by atoms with van der Waals surface area (Å²) in [7, 11) is 0. The van der Waals surface area contributed by atoms with Crippen molar-refractivity contribution >= 4 is 29.5 Å². The van der Waals surface area contributed by atoms with E-state index in [1.807, 2.05) is 0 Å². The lowest BCUT2D eigenvalue weighted by Gasteiger charge is -2.02. The molecule has 6 heteroatoms. The van der Waals surface area contributed by atoms with Crippen LogP contribution in [-0.2, 0) is 0 Å². The van der Waals surface area contributed by atoms with Gasteiger partial charge >= 0.3 is 5.17 Å². The van der Waals surface area contributed by atoms with Gasteiger partial charge in [0.2, 0.25) is 5.84 Å². The quantitative estimate of drug-likeness (QED) is 0.439. The molecule has 0 unspecified atom stereocenters. The maximum Gasteiger partial charge on any atom is 0.321 e. The fourth-order valence-electron chi connectivity index (χ4n) is 1.64. The van der Waals surface area contributed by atoms with Gasteiger partial charge in [0.15, 0.2) is 0 Å². The molecule has 1 aromatic carbocycles. The highest BCUT2D eigenvalue weighted by Gasteiger charge is 2.24. The predicted molar refractivity (Wildman–Crippen MR) is 75.4 cm³/mol. The minimum absolute atomic E-state index is 0.107. The third-order valence-electron chi connectivity index (χ3n) is 2.52. The van der Waals surface area contributed by atoms with Crippen LogP contribution in [0.4, 0.5) is 0 Å². The zero-order valence-corrected chi connectivity index (χ0v) is 10.9. The van der Waals surface area contributed by atoms with Crippen LogP contribution in [0.2, 0.25) is 0 Å². The van der Waals surface area contributed by atoms with Crippen molar-refractivity contribution in [3.63, 3.8) is 0 Å². The standard InChI is InChI=1S/C12H14N4OS/c1-2-5-10-14-12(18)16(15-10)11(13)8-6-3-4-7-9(8)17/h3-4,6-7H,2,5H2,1H3,(H3,13,14,15,17,18)/p+1. The summed E-state index contributed by atoms with van der Waals surface area (Å²) in [5, 5.41) is 14.4. The van der Waals surface area contributed by atoms with Gasteiger partial charge in [0.25, 0.3) is 5.84 Å². The summed E-state index contributed by atoms with van der Waals surface area (Å²) in [5.41, 5.74) is 6.51. The molecule has 0 bridgehead atoms. The highest BCUT2D eigenvalue weighted by molar-refractivity contribution is 7.96. The second-order valence-corrected chi connectivity index (χ2v) is 4.29. The third-order valence-corrected chi connectivity index (χ3v) is 2.81. The Morgan fingerprint density at radius 2 is 2.17 bits per heavy atom. The smallest absolute Gasteiger partial charge is 0.321 e. The number of aromatic hydroxyl groups is 1. The van der Waals surface area contributed by atoms with Gasteiger partial charge in [-0.05, 0) is 18.6 Å². The molecule has 0 aromatic heterocycles. The number of hydrogen-bond acceptors (Lipinski definition) is 3. The molecule has 1 aliphatic heterocycles. The van der Waals surface area contributed by atoms with Gasteiger partial charge in [-0.2, -0.15) is 0 Å². The largest absolute Gasteiger partial charge is 0.507 e. The van der Waals surface area contributed by atoms with Crippen LogP contribution in [-0.4, -0.2) is 26.6 Å². The van der Waals surface area contributed by atoms with Gasteiger partial charge in [-0.3, -0.25) is 0 Å². The number of nitrogens with zero attached hydrogens (tertiary/aromatic N) is 3. The predicted octanol–water partition coefficient (Wildman–Crippen LogP) is 1.52. The van der Waals surface area contributed by atoms with Crippen molar-refractivity contribution in [2.45, 2.75) is 19.8 Å². The Morgan fingerprint density at radius 1 is 1.44 bits per heavy atom. The zero-order valence-electron chi connectivity index (χ0n) is 10.0. The van der Waals surface area contributed by atoms with Gasteiger partial charge in [-0.15, -0.1) is 0 Å². The first-order valence-electron chi connectivity index (χ1n) is 5.69. The fourth-order valence-corrected chi connectivity index (χ4v) is 1.91. The molecule has 94 valence electrons. The van der Waals surface area contributed by atoms with Crippen molar-refractivity contribution in [2.75, 3.05) is 0 Å². The number of phenolic OH excluding ortho intramolecular Hbond substituents is 1. The topological polar surface area (TPSA) is 74.0 Å². The summed E-state index contributed by atoms with van der Waals surface area (Å²) in [4.78, 5) is 4.21. The summed E-state index contributed by atoms with van der Waals surface area (Å²) in [6.45, 7) is 2.05. The Labute approximate surface area is 111 Å². The van der Waals surface area contributed by atoms with Crippen LogP contribution < -0.4 is 5.73 Å². The minimum Gasteiger partial charge on any atom is -0.507 e. The van der Waals surface area contributed by atoms with Crippen LogP contribution in [0.25, 0.3) is 0 Å². The number of benzene rings is 1. The maximum absolute atomic E-state index is 9.76. The number of phenols is 1. The molecule has 5 nitrogen and oxygen atoms in total. The first-order valence-corrected chi connectivity index (χ1v) is 6.14. The summed E-state index contributed by atoms with van der Waals surface area (Å²) in [5.74, 6) is 1.11. The van der Waals surface area contributed by atoms with E-state index < -0.39 is 0 Å². The van der Waals surface area contributed by atoms with E-state index in [0.29, 0.717) is 22.4 Å². The van der Waals surface area contributed by atoms with Crippen molar-refractivity contribution in [1.82, 2.24) is 0 Å². The van der Waals surface area contributed by atoms with Crippen molar-refractivity contribution in [1.29, 1.82) is 0 Å². The van der Waals surface area contributed by atoms with Gasteiger partial charge in [0.1, 0.15) is 5.75 Å². The van der Waals surface area contributed by atoms with Crippen LogP contribution in [0.15, 0.2) is 34.4 Å². The highest BCUT2D eigenvalue weighted by Crippen LogP contribution is 2.16. The molecule has 0 fully saturated rings. The lowest BCUT2D eigenvalue weighted by atomic mass is 10.2. The maximum atomic E-state index is 9.76. The molecular weight excluding hydrogens is 248 g/mol. The Kier molecular flexibility index (Phi) is 3.66. The van der Waals surface area contributed by atoms with Crippen LogP contribution in [0.5, 0.6) is 5.75 Å². The molecule has 0 radical (unpaired) electrons. The van der Waals surface area contributed by atoms with Crippen molar-refractivity contribution in [3.05, 3.63) is 29.8 Å². The number of rotatable bonds is 3. The first kappa shape index (κ1) is 12.6. The molecule has 0 spiro atoms. The second-order valence-electron chi connectivity index (χ2n) is 3.89. The van der Waals surface area contributed by atoms with Gasteiger partial charge in [0.05, 0.1) is 5.56 Å². The summed E-state index contributed by atoms with van der Waals surface area (Å²) in [6, 6.07) is 6.82. The van der Waals surface area contributed by atoms with E-state index in [2.05, 4.69) is 29.6 Å². The fraction of sp³-hybridized carbons (Fsp3) is 0.250. The highest BCUT2D eigenvalue weighted by atomic mass is 32.1. The van der Waals surface area contributed by atoms with Crippen LogP contribution in [0.3, 0.4) is 0 Å². The molecular formula is C12H15N4OS+. The van der Waals surface area contributed by atoms with Gasteiger partial charge in [0, 0.05) is 6.42 Å². The van der Waals surface area contributed by atoms with E-state index in [4.69, 9.17) is 5.73 Å². The average Bonchev–Trinajstić information content (AvgIpc) is 2.71. The van der Waals surface area contributed by atoms with E-state index in [-0.39, 0.29) is 5.75 Å². The van der Waals surface area contributed by atoms with E-state index in [1.54, 1.807) is 24.3 Å². The molecule has 0 amide bonds. The molecule has 3 N–H and O–H groups in total. The Balaban J connectivity index is 2.44. The summed E-state index contributed by atoms with van der Waals surface area (Å²) in [6.07, 6.45) is 1.72. The molecule has 1 aliphatic rings. The van der Waals surface area contributed by atoms with Gasteiger partial charge < -0.3 is 10.8 Å². The Bertz CT molecular complexity index is 563. The number of aliphatic imine (C=N–C) groups is 1. The van der Waals surface area contributed by atoms with Gasteiger partial charge in [-0.1, -0.05) is 46.5 Å². The molecule has 0 aliphatic carbocycles. The first-order chi connectivity index (χ1) is 8.63. The van der Waals surface area contributed by atoms with Crippen molar-refractivity contribution in [3.8, 4) is 5.75 Å². The van der Waals surface area contributed by atoms with E-state index in [0.717, 1.165) is 12.8 Å². The lowest BCUT2D eigenvalue weighted by Crippen LogP contribution is -2.27. The number of nitrogens with two attached hydrogens (primary N) is 1. The van der Waals surface area contributed by atoms with E-state index >= 15 is 0 Å². The normalized spacial score (nSPS) is 17.4. The van der Waals surface area contributed by atoms with Crippen molar-refractivity contribution < 1.29 is 9.79 Å². The van der Waals surface area contributed by atoms with E-state index in [9.17, 15) is 5.11 Å². The molecule has 0 atom stereocenters. The lowest BCUT2D eigenvalue weighted by molar-refractivity contribution is -0.402. The molecule has 2 rings (SSSR count). The molecule has 1 heterocycles. The van der Waals surface area contributed by atoms with Crippen molar-refractivity contribution in [2.24, 2.45) is 15.8 Å². The van der Waals surface area contributed by atoms with Crippen LogP contribution in [0, 0.1) is 0 Å². The van der Waals surface area contributed by atoms with Gasteiger partial charge in [-0.25, -0.2) is 0 Å². The average molecular weight is 263 g/mol. The number of thiol groups is 1. The van der Waals surface area contributed by atoms with Crippen LogP contribution >= 0.6 is 12.6 Å². The number of hydrogen-bond donors (Lipinski definition) is 3. The molecule has 0 saturated carbocycles. The van der Waals surface area contributed by atoms with E-state index in [1.165, 1.54) is 4.68 Å². The third kappa shape index (κ3) is 2.38. The molecule has 0 saturated heterocycles. The minimum atomic E-state index is 0.107. The van der Waals surface area contributed by atoms with Crippen LogP contribution in [0.1, 0.15) is 25.3 Å². The molecule has 18 heavy (non-hydrogen) atoms.